The molecule has 3 heteroatoms. The number of hydrogen-bond acceptors (Lipinski definition) is 3. The van der Waals surface area contributed by atoms with Gasteiger partial charge in [0.2, 0.25) is 0 Å². The number of furan rings is 1. The lowest BCUT2D eigenvalue weighted by molar-refractivity contribution is 0.194. The lowest BCUT2D eigenvalue weighted by Gasteiger charge is -2.33. The van der Waals surface area contributed by atoms with Gasteiger partial charge in [-0.1, -0.05) is 20.8 Å². The van der Waals surface area contributed by atoms with Gasteiger partial charge in [0.1, 0.15) is 11.5 Å². The zero-order chi connectivity index (χ0) is 14.8. The Bertz CT molecular complexity index is 424. The van der Waals surface area contributed by atoms with E-state index in [0.717, 1.165) is 37.1 Å². The molecule has 0 amide bonds. The van der Waals surface area contributed by atoms with Gasteiger partial charge in [0.25, 0.3) is 0 Å². The lowest BCUT2D eigenvalue weighted by atomic mass is 9.84. The summed E-state index contributed by atoms with van der Waals surface area (Å²) in [7, 11) is 2.20. The summed E-state index contributed by atoms with van der Waals surface area (Å²) >= 11 is 0. The maximum atomic E-state index is 5.68. The number of aryl methyl sites for hydroxylation is 1. The van der Waals surface area contributed by atoms with Gasteiger partial charge in [0.15, 0.2) is 0 Å². The molecule has 1 aromatic rings. The molecule has 2 unspecified atom stereocenters. The van der Waals surface area contributed by atoms with Gasteiger partial charge in [-0.2, -0.15) is 0 Å². The minimum absolute atomic E-state index is 0.419. The Morgan fingerprint density at radius 1 is 1.40 bits per heavy atom. The molecule has 2 rings (SSSR count). The maximum Gasteiger partial charge on any atom is 0.118 e. The molecule has 1 heterocycles. The van der Waals surface area contributed by atoms with Crippen LogP contribution in [0.5, 0.6) is 0 Å². The summed E-state index contributed by atoms with van der Waals surface area (Å²) in [6, 6.07) is 4.77. The summed E-state index contributed by atoms with van der Waals surface area (Å²) in [5.74, 6) is 2.81. The topological polar surface area (TPSA) is 28.4 Å². The second-order valence-corrected chi connectivity index (χ2v) is 7.03. The predicted molar refractivity (Wildman–Crippen MR) is 83.7 cm³/mol. The van der Waals surface area contributed by atoms with E-state index in [4.69, 9.17) is 4.42 Å². The normalized spacial score (nSPS) is 25.5. The highest BCUT2D eigenvalue weighted by molar-refractivity contribution is 5.05. The number of hydrogen-bond donors (Lipinski definition) is 1. The second kappa shape index (κ2) is 6.31. The first-order chi connectivity index (χ1) is 9.42. The third-order valence-electron chi connectivity index (χ3n) is 4.66. The molecule has 1 aromatic heterocycles. The van der Waals surface area contributed by atoms with Crippen LogP contribution < -0.4 is 5.32 Å². The second-order valence-electron chi connectivity index (χ2n) is 7.03. The van der Waals surface area contributed by atoms with E-state index in [0.29, 0.717) is 11.5 Å². The quantitative estimate of drug-likeness (QED) is 0.864. The monoisotopic (exact) mass is 278 g/mol. The van der Waals surface area contributed by atoms with E-state index in [1.807, 2.05) is 13.0 Å². The Hall–Kier alpha value is -0.800. The molecule has 1 aliphatic carbocycles. The Morgan fingerprint density at radius 3 is 2.75 bits per heavy atom. The van der Waals surface area contributed by atoms with Crippen molar-refractivity contribution in [3.05, 3.63) is 23.7 Å². The zero-order valence-corrected chi connectivity index (χ0v) is 13.7. The molecule has 3 nitrogen and oxygen atoms in total. The van der Waals surface area contributed by atoms with Crippen LogP contribution in [0.3, 0.4) is 0 Å². The molecular weight excluding hydrogens is 248 g/mol. The van der Waals surface area contributed by atoms with Gasteiger partial charge < -0.3 is 9.73 Å². The Kier molecular flexibility index (Phi) is 4.92. The SMILES string of the molecule is CCNC1C(CN(C)Cc2ccc(C)o2)CCC1(C)C. The fraction of sp³-hybridized carbons (Fsp3) is 0.765. The van der Waals surface area contributed by atoms with Gasteiger partial charge in [-0.15, -0.1) is 0 Å². The first kappa shape index (κ1) is 15.6. The summed E-state index contributed by atoms with van der Waals surface area (Å²) in [4.78, 5) is 2.40. The summed E-state index contributed by atoms with van der Waals surface area (Å²) in [6.45, 7) is 12.1. The minimum atomic E-state index is 0.419. The molecule has 0 aromatic carbocycles. The molecule has 0 radical (unpaired) electrons. The number of nitrogens with zero attached hydrogens (tertiary/aromatic N) is 1. The zero-order valence-electron chi connectivity index (χ0n) is 13.7. The average Bonchev–Trinajstić information content (AvgIpc) is 2.87. The minimum Gasteiger partial charge on any atom is -0.465 e. The van der Waals surface area contributed by atoms with E-state index >= 15 is 0 Å². The van der Waals surface area contributed by atoms with Crippen molar-refractivity contribution in [2.45, 2.75) is 53.1 Å². The van der Waals surface area contributed by atoms with Crippen molar-refractivity contribution in [3.63, 3.8) is 0 Å². The van der Waals surface area contributed by atoms with E-state index < -0.39 is 0 Å². The molecule has 0 bridgehead atoms. The molecule has 1 saturated carbocycles. The summed E-state index contributed by atoms with van der Waals surface area (Å²) in [6.07, 6.45) is 2.65. The van der Waals surface area contributed by atoms with Crippen molar-refractivity contribution in [1.82, 2.24) is 10.2 Å². The molecule has 20 heavy (non-hydrogen) atoms. The molecule has 1 aliphatic rings. The van der Waals surface area contributed by atoms with Crippen molar-refractivity contribution in [2.24, 2.45) is 11.3 Å². The first-order valence-corrected chi connectivity index (χ1v) is 7.89. The lowest BCUT2D eigenvalue weighted by Crippen LogP contribution is -2.45. The molecule has 2 atom stereocenters. The van der Waals surface area contributed by atoms with Crippen LogP contribution in [0.2, 0.25) is 0 Å². The van der Waals surface area contributed by atoms with Crippen molar-refractivity contribution in [1.29, 1.82) is 0 Å². The standard InChI is InChI=1S/C17H30N2O/c1-6-18-16-14(9-10-17(16,3)4)11-19(5)12-15-8-7-13(2)20-15/h7-8,14,16,18H,6,9-12H2,1-5H3. The van der Waals surface area contributed by atoms with Crippen LogP contribution >= 0.6 is 0 Å². The molecule has 0 spiro atoms. The Labute approximate surface area is 123 Å². The van der Waals surface area contributed by atoms with E-state index in [9.17, 15) is 0 Å². The first-order valence-electron chi connectivity index (χ1n) is 7.89. The predicted octanol–water partition coefficient (Wildman–Crippen LogP) is 3.43. The fourth-order valence-corrected chi connectivity index (χ4v) is 3.68. The molecule has 114 valence electrons. The van der Waals surface area contributed by atoms with Crippen LogP contribution in [0.1, 0.15) is 45.1 Å². The number of nitrogens with one attached hydrogen (secondary N) is 1. The average molecular weight is 278 g/mol. The summed E-state index contributed by atoms with van der Waals surface area (Å²) < 4.78 is 5.68. The maximum absolute atomic E-state index is 5.68. The van der Waals surface area contributed by atoms with Gasteiger partial charge in [-0.05, 0) is 56.8 Å². The van der Waals surface area contributed by atoms with E-state index in [1.54, 1.807) is 0 Å². The van der Waals surface area contributed by atoms with E-state index in [2.05, 4.69) is 44.1 Å². The van der Waals surface area contributed by atoms with E-state index in [1.165, 1.54) is 12.8 Å². The van der Waals surface area contributed by atoms with Gasteiger partial charge >= 0.3 is 0 Å². The van der Waals surface area contributed by atoms with Crippen LogP contribution in [0.15, 0.2) is 16.5 Å². The van der Waals surface area contributed by atoms with Gasteiger partial charge in [0.05, 0.1) is 6.54 Å². The van der Waals surface area contributed by atoms with Crippen molar-refractivity contribution >= 4 is 0 Å². The van der Waals surface area contributed by atoms with Crippen LogP contribution in [0.25, 0.3) is 0 Å². The summed E-state index contributed by atoms with van der Waals surface area (Å²) in [5.41, 5.74) is 0.419. The smallest absolute Gasteiger partial charge is 0.118 e. The highest BCUT2D eigenvalue weighted by atomic mass is 16.3. The van der Waals surface area contributed by atoms with Crippen LogP contribution in [0.4, 0.5) is 0 Å². The highest BCUT2D eigenvalue weighted by Crippen LogP contribution is 2.41. The molecular formula is C17H30N2O. The Balaban J connectivity index is 1.91. The molecule has 1 N–H and O–H groups in total. The highest BCUT2D eigenvalue weighted by Gasteiger charge is 2.41. The van der Waals surface area contributed by atoms with Gasteiger partial charge in [0, 0.05) is 12.6 Å². The van der Waals surface area contributed by atoms with E-state index in [-0.39, 0.29) is 0 Å². The third kappa shape index (κ3) is 3.64. The van der Waals surface area contributed by atoms with Crippen molar-refractivity contribution < 1.29 is 4.42 Å². The Morgan fingerprint density at radius 2 is 2.15 bits per heavy atom. The van der Waals surface area contributed by atoms with Crippen LogP contribution in [-0.2, 0) is 6.54 Å². The number of rotatable bonds is 6. The molecule has 0 aliphatic heterocycles. The molecule has 1 fully saturated rings. The van der Waals surface area contributed by atoms with Crippen molar-refractivity contribution in [3.8, 4) is 0 Å². The van der Waals surface area contributed by atoms with Crippen LogP contribution in [-0.4, -0.2) is 31.1 Å². The van der Waals surface area contributed by atoms with Gasteiger partial charge in [-0.3, -0.25) is 4.90 Å². The van der Waals surface area contributed by atoms with Crippen molar-refractivity contribution in [2.75, 3.05) is 20.1 Å². The van der Waals surface area contributed by atoms with Gasteiger partial charge in [-0.25, -0.2) is 0 Å². The fourth-order valence-electron chi connectivity index (χ4n) is 3.68. The molecule has 0 saturated heterocycles. The van der Waals surface area contributed by atoms with Crippen LogP contribution in [0, 0.1) is 18.3 Å². The third-order valence-corrected chi connectivity index (χ3v) is 4.66. The summed E-state index contributed by atoms with van der Waals surface area (Å²) in [5, 5.41) is 3.71. The largest absolute Gasteiger partial charge is 0.465 e.